The van der Waals surface area contributed by atoms with E-state index >= 15 is 0 Å². The number of ether oxygens (including phenoxy) is 1. The van der Waals surface area contributed by atoms with Crippen LogP contribution in [-0.4, -0.2) is 30.6 Å². The Morgan fingerprint density at radius 1 is 1.19 bits per heavy atom. The minimum absolute atomic E-state index is 0.194. The first kappa shape index (κ1) is 16.0. The summed E-state index contributed by atoms with van der Waals surface area (Å²) in [6.07, 6.45) is 1.43. The summed E-state index contributed by atoms with van der Waals surface area (Å²) in [5.74, 6) is 0.586. The number of aliphatic hydroxyl groups excluding tert-OH is 1. The molecule has 2 rings (SSSR count). The topological polar surface area (TPSA) is 41.5 Å². The second-order valence-electron chi connectivity index (χ2n) is 4.50. The molecule has 2 aromatic carbocycles. The Kier molecular flexibility index (Phi) is 6.23. The van der Waals surface area contributed by atoms with Crippen LogP contribution in [0.1, 0.15) is 0 Å². The van der Waals surface area contributed by atoms with Crippen LogP contribution < -0.4 is 10.1 Å². The first-order valence-corrected chi connectivity index (χ1v) is 8.22. The molecular weight excluding hydrogens is 306 g/mol. The Morgan fingerprint density at radius 2 is 1.90 bits per heavy atom. The van der Waals surface area contributed by atoms with Gasteiger partial charge in [0.2, 0.25) is 0 Å². The third-order valence-electron chi connectivity index (χ3n) is 2.90. The van der Waals surface area contributed by atoms with Crippen molar-refractivity contribution in [2.75, 3.05) is 24.7 Å². The summed E-state index contributed by atoms with van der Waals surface area (Å²) in [6, 6.07) is 15.3. The summed E-state index contributed by atoms with van der Waals surface area (Å²) < 4.78 is 5.50. The van der Waals surface area contributed by atoms with Crippen molar-refractivity contribution in [2.45, 2.75) is 11.0 Å². The van der Waals surface area contributed by atoms with Crippen LogP contribution in [0.15, 0.2) is 53.4 Å². The van der Waals surface area contributed by atoms with E-state index in [4.69, 9.17) is 16.3 Å². The van der Waals surface area contributed by atoms with Crippen LogP contribution in [0.2, 0.25) is 5.02 Å². The maximum Gasteiger partial charge on any atom is 0.138 e. The number of thioether (sulfide) groups is 1. The highest BCUT2D eigenvalue weighted by atomic mass is 35.5. The van der Waals surface area contributed by atoms with E-state index in [2.05, 4.69) is 5.32 Å². The zero-order valence-corrected chi connectivity index (χ0v) is 13.3. The standard InChI is InChI=1S/C16H18ClNO2S/c1-21-14-8-6-12(7-9-14)18-10-13(19)11-20-16-5-3-2-4-15(16)17/h2-9,13,18-19H,10-11H2,1H3. The summed E-state index contributed by atoms with van der Waals surface area (Å²) in [6.45, 7) is 0.614. The molecule has 0 saturated carbocycles. The van der Waals surface area contributed by atoms with E-state index in [0.717, 1.165) is 5.69 Å². The molecule has 2 N–H and O–H groups in total. The van der Waals surface area contributed by atoms with Crippen molar-refractivity contribution in [1.82, 2.24) is 0 Å². The summed E-state index contributed by atoms with van der Waals surface area (Å²) >= 11 is 7.68. The maximum absolute atomic E-state index is 9.93. The molecule has 0 aliphatic carbocycles. The smallest absolute Gasteiger partial charge is 0.138 e. The van der Waals surface area contributed by atoms with Gasteiger partial charge in [-0.2, -0.15) is 0 Å². The van der Waals surface area contributed by atoms with Crippen molar-refractivity contribution >= 4 is 29.1 Å². The van der Waals surface area contributed by atoms with E-state index < -0.39 is 6.10 Å². The largest absolute Gasteiger partial charge is 0.489 e. The Balaban J connectivity index is 1.76. The normalized spacial score (nSPS) is 12.0. The monoisotopic (exact) mass is 323 g/mol. The molecule has 0 radical (unpaired) electrons. The van der Waals surface area contributed by atoms with Crippen LogP contribution >= 0.6 is 23.4 Å². The summed E-state index contributed by atoms with van der Waals surface area (Å²) in [5, 5.41) is 13.6. The molecule has 0 saturated heterocycles. The molecule has 112 valence electrons. The first-order chi connectivity index (χ1) is 10.2. The van der Waals surface area contributed by atoms with Crippen LogP contribution in [0.4, 0.5) is 5.69 Å². The molecule has 0 aliphatic rings. The minimum atomic E-state index is -0.610. The van der Waals surface area contributed by atoms with Crippen LogP contribution in [0.25, 0.3) is 0 Å². The SMILES string of the molecule is CSc1ccc(NCC(O)COc2ccccc2Cl)cc1. The van der Waals surface area contributed by atoms with Gasteiger partial charge in [0, 0.05) is 17.1 Å². The average Bonchev–Trinajstić information content (AvgIpc) is 2.52. The second-order valence-corrected chi connectivity index (χ2v) is 5.79. The van der Waals surface area contributed by atoms with Crippen LogP contribution in [0, 0.1) is 0 Å². The van der Waals surface area contributed by atoms with E-state index in [0.29, 0.717) is 17.3 Å². The number of hydrogen-bond donors (Lipinski definition) is 2. The molecular formula is C16H18ClNO2S. The number of hydrogen-bond acceptors (Lipinski definition) is 4. The molecule has 3 nitrogen and oxygen atoms in total. The summed E-state index contributed by atoms with van der Waals surface area (Å²) in [5.41, 5.74) is 0.976. The fraction of sp³-hybridized carbons (Fsp3) is 0.250. The Morgan fingerprint density at radius 3 is 2.57 bits per heavy atom. The lowest BCUT2D eigenvalue weighted by Crippen LogP contribution is -2.26. The highest BCUT2D eigenvalue weighted by Gasteiger charge is 2.07. The number of nitrogens with one attached hydrogen (secondary N) is 1. The molecule has 21 heavy (non-hydrogen) atoms. The van der Waals surface area contributed by atoms with Crippen LogP contribution in [-0.2, 0) is 0 Å². The van der Waals surface area contributed by atoms with Gasteiger partial charge >= 0.3 is 0 Å². The highest BCUT2D eigenvalue weighted by molar-refractivity contribution is 7.98. The van der Waals surface area contributed by atoms with Gasteiger partial charge in [0.25, 0.3) is 0 Å². The number of aliphatic hydroxyl groups is 1. The lowest BCUT2D eigenvalue weighted by atomic mass is 10.3. The van der Waals surface area contributed by atoms with Gasteiger partial charge in [-0.1, -0.05) is 23.7 Å². The van der Waals surface area contributed by atoms with Gasteiger partial charge in [-0.15, -0.1) is 11.8 Å². The van der Waals surface area contributed by atoms with E-state index in [1.54, 1.807) is 23.9 Å². The van der Waals surface area contributed by atoms with E-state index in [1.165, 1.54) is 4.90 Å². The molecule has 0 heterocycles. The Labute approximate surface area is 134 Å². The molecule has 0 aliphatic heterocycles. The molecule has 0 fully saturated rings. The molecule has 0 bridgehead atoms. The van der Waals surface area contributed by atoms with E-state index in [9.17, 15) is 5.11 Å². The third-order valence-corrected chi connectivity index (χ3v) is 3.96. The van der Waals surface area contributed by atoms with Crippen molar-refractivity contribution in [3.05, 3.63) is 53.6 Å². The molecule has 0 aromatic heterocycles. The van der Waals surface area contributed by atoms with Gasteiger partial charge < -0.3 is 15.2 Å². The first-order valence-electron chi connectivity index (χ1n) is 6.62. The third kappa shape index (κ3) is 5.16. The summed E-state index contributed by atoms with van der Waals surface area (Å²) in [7, 11) is 0. The predicted octanol–water partition coefficient (Wildman–Crippen LogP) is 3.91. The predicted molar refractivity (Wildman–Crippen MR) is 89.7 cm³/mol. The van der Waals surface area contributed by atoms with Gasteiger partial charge in [-0.25, -0.2) is 0 Å². The van der Waals surface area contributed by atoms with Crippen molar-refractivity contribution in [2.24, 2.45) is 0 Å². The van der Waals surface area contributed by atoms with Crippen LogP contribution in [0.3, 0.4) is 0 Å². The van der Waals surface area contributed by atoms with E-state index in [-0.39, 0.29) is 6.61 Å². The molecule has 2 aromatic rings. The quantitative estimate of drug-likeness (QED) is 0.758. The zero-order valence-electron chi connectivity index (χ0n) is 11.8. The van der Waals surface area contributed by atoms with Crippen molar-refractivity contribution < 1.29 is 9.84 Å². The molecule has 1 unspecified atom stereocenters. The van der Waals surface area contributed by atoms with Gasteiger partial charge in [0.05, 0.1) is 5.02 Å². The zero-order chi connectivity index (χ0) is 15.1. The highest BCUT2D eigenvalue weighted by Crippen LogP contribution is 2.23. The summed E-state index contributed by atoms with van der Waals surface area (Å²) in [4.78, 5) is 1.21. The minimum Gasteiger partial charge on any atom is -0.489 e. The van der Waals surface area contributed by atoms with Crippen molar-refractivity contribution in [3.63, 3.8) is 0 Å². The number of para-hydroxylation sites is 1. The van der Waals surface area contributed by atoms with Crippen LogP contribution in [0.5, 0.6) is 5.75 Å². The molecule has 0 spiro atoms. The Bertz CT molecular complexity index is 562. The van der Waals surface area contributed by atoms with Crippen molar-refractivity contribution in [1.29, 1.82) is 0 Å². The number of anilines is 1. The maximum atomic E-state index is 9.93. The van der Waals surface area contributed by atoms with Gasteiger partial charge in [0.1, 0.15) is 18.5 Å². The lowest BCUT2D eigenvalue weighted by molar-refractivity contribution is 0.117. The lowest BCUT2D eigenvalue weighted by Gasteiger charge is -2.14. The van der Waals surface area contributed by atoms with Crippen molar-refractivity contribution in [3.8, 4) is 5.75 Å². The number of benzene rings is 2. The fourth-order valence-electron chi connectivity index (χ4n) is 1.75. The second kappa shape index (κ2) is 8.17. The molecule has 5 heteroatoms. The number of rotatable bonds is 7. The molecule has 1 atom stereocenters. The molecule has 0 amide bonds. The Hall–Kier alpha value is -1.36. The van der Waals surface area contributed by atoms with Gasteiger partial charge in [-0.3, -0.25) is 0 Å². The average molecular weight is 324 g/mol. The fourth-order valence-corrected chi connectivity index (χ4v) is 2.35. The van der Waals surface area contributed by atoms with Gasteiger partial charge in [-0.05, 0) is 42.7 Å². The number of halogens is 1. The van der Waals surface area contributed by atoms with E-state index in [1.807, 2.05) is 42.7 Å². The van der Waals surface area contributed by atoms with Gasteiger partial charge in [0.15, 0.2) is 0 Å².